The van der Waals surface area contributed by atoms with Crippen molar-refractivity contribution in [3.8, 4) is 0 Å². The molecule has 28 heavy (non-hydrogen) atoms. The number of rotatable bonds is 3. The fourth-order valence-electron chi connectivity index (χ4n) is 3.83. The molecule has 0 spiro atoms. The van der Waals surface area contributed by atoms with Crippen LogP contribution < -0.4 is 10.2 Å². The third-order valence-corrected chi connectivity index (χ3v) is 7.75. The monoisotopic (exact) mass is 566 g/mol. The zero-order valence-electron chi connectivity index (χ0n) is 15.8. The molecule has 1 aromatic carbocycles. The second kappa shape index (κ2) is 7.76. The topological polar surface area (TPSA) is 44.0 Å². The van der Waals surface area contributed by atoms with E-state index in [1.54, 1.807) is 0 Å². The van der Waals surface area contributed by atoms with Gasteiger partial charge in [0.1, 0.15) is 0 Å². The Morgan fingerprint density at radius 3 is 2.54 bits per heavy atom. The van der Waals surface area contributed by atoms with Crippen molar-refractivity contribution >= 4 is 61.5 Å². The van der Waals surface area contributed by atoms with Gasteiger partial charge in [0.2, 0.25) is 0 Å². The number of thiocarbonyl (C=S) groups is 1. The van der Waals surface area contributed by atoms with Gasteiger partial charge in [-0.25, -0.2) is 0 Å². The van der Waals surface area contributed by atoms with Crippen molar-refractivity contribution in [1.82, 2.24) is 15.3 Å². The maximum atomic E-state index is 5.81. The molecule has 0 bridgehead atoms. The van der Waals surface area contributed by atoms with Crippen LogP contribution >= 0.6 is 50.7 Å². The Bertz CT molecular complexity index is 1050. The zero-order chi connectivity index (χ0) is 20.0. The summed E-state index contributed by atoms with van der Waals surface area (Å²) < 4.78 is 2.33. The number of nitrogens with one attached hydrogen (secondary N) is 2. The van der Waals surface area contributed by atoms with Crippen molar-refractivity contribution in [2.45, 2.75) is 32.9 Å². The number of pyridine rings is 1. The molecule has 0 aliphatic carbocycles. The van der Waals surface area contributed by atoms with E-state index in [0.29, 0.717) is 0 Å². The number of H-pyrrole nitrogens is 1. The van der Waals surface area contributed by atoms with Crippen LogP contribution in [0.15, 0.2) is 47.1 Å². The van der Waals surface area contributed by atoms with E-state index >= 15 is 0 Å². The Morgan fingerprint density at radius 2 is 1.93 bits per heavy atom. The number of aromatic nitrogens is 2. The van der Waals surface area contributed by atoms with Crippen LogP contribution in [0.2, 0.25) is 0 Å². The fraction of sp³-hybridized carbons (Fsp3) is 0.238. The van der Waals surface area contributed by atoms with Crippen LogP contribution in [-0.2, 0) is 0 Å². The molecule has 4 rings (SSSR count). The number of aromatic amines is 1. The molecule has 2 aromatic heterocycles. The third kappa shape index (κ3) is 3.37. The van der Waals surface area contributed by atoms with E-state index in [2.05, 4.69) is 104 Å². The minimum Gasteiger partial charge on any atom is -0.362 e. The molecule has 3 aromatic rings. The molecule has 1 aliphatic rings. The Balaban J connectivity index is 1.91. The second-order valence-electron chi connectivity index (χ2n) is 7.03. The van der Waals surface area contributed by atoms with Crippen molar-refractivity contribution < 1.29 is 0 Å². The molecule has 1 fully saturated rings. The van der Waals surface area contributed by atoms with Gasteiger partial charge < -0.3 is 15.2 Å². The van der Waals surface area contributed by atoms with E-state index in [0.717, 1.165) is 26.7 Å². The van der Waals surface area contributed by atoms with Crippen LogP contribution in [0.1, 0.15) is 40.3 Å². The molecular weight excluding hydrogens is 547 g/mol. The van der Waals surface area contributed by atoms with E-state index in [9.17, 15) is 0 Å². The predicted octanol–water partition coefficient (Wildman–Crippen LogP) is 5.88. The Hall–Kier alpha value is -1.45. The van der Waals surface area contributed by atoms with Gasteiger partial charge in [-0.05, 0) is 91.5 Å². The molecule has 7 heteroatoms. The first-order valence-corrected chi connectivity index (χ1v) is 11.3. The van der Waals surface area contributed by atoms with Gasteiger partial charge >= 0.3 is 0 Å². The molecule has 2 atom stereocenters. The van der Waals surface area contributed by atoms with Crippen LogP contribution in [0.3, 0.4) is 0 Å². The van der Waals surface area contributed by atoms with Gasteiger partial charge in [-0.15, -0.1) is 0 Å². The smallest absolute Gasteiger partial charge is 0.174 e. The van der Waals surface area contributed by atoms with E-state index in [1.165, 1.54) is 20.4 Å². The van der Waals surface area contributed by atoms with E-state index in [-0.39, 0.29) is 12.1 Å². The first-order valence-electron chi connectivity index (χ1n) is 9.00. The lowest BCUT2D eigenvalue weighted by atomic mass is 9.96. The van der Waals surface area contributed by atoms with Gasteiger partial charge in [-0.3, -0.25) is 4.98 Å². The summed E-state index contributed by atoms with van der Waals surface area (Å²) in [5.41, 5.74) is 6.85. The average molecular weight is 567 g/mol. The minimum absolute atomic E-state index is 0.0137. The van der Waals surface area contributed by atoms with Crippen molar-refractivity contribution in [2.24, 2.45) is 0 Å². The highest BCUT2D eigenvalue weighted by Crippen LogP contribution is 2.45. The van der Waals surface area contributed by atoms with Crippen LogP contribution in [0.5, 0.6) is 0 Å². The summed E-state index contributed by atoms with van der Waals surface area (Å²) in [7, 11) is 0. The first kappa shape index (κ1) is 19.8. The molecule has 0 radical (unpaired) electrons. The molecule has 1 saturated heterocycles. The summed E-state index contributed by atoms with van der Waals surface area (Å²) in [6, 6.07) is 12.4. The van der Waals surface area contributed by atoms with Crippen LogP contribution in [0.25, 0.3) is 0 Å². The Labute approximate surface area is 192 Å². The standard InChI is InChI=1S/C21H20BrIN4S/c1-11-10-14(7-8-15(11)22)27-20(17-12(2)25-13(3)18(17)23)19(26-21(27)28)16-6-4-5-9-24-16/h4-10,19-20,25H,1-3H3,(H,26,28). The molecule has 1 aliphatic heterocycles. The predicted molar refractivity (Wildman–Crippen MR) is 130 cm³/mol. The van der Waals surface area contributed by atoms with E-state index < -0.39 is 0 Å². The lowest BCUT2D eigenvalue weighted by Crippen LogP contribution is -2.29. The number of hydrogen-bond donors (Lipinski definition) is 2. The zero-order valence-corrected chi connectivity index (χ0v) is 20.3. The molecule has 2 N–H and O–H groups in total. The number of anilines is 1. The third-order valence-electron chi connectivity index (χ3n) is 5.16. The number of aryl methyl sites for hydroxylation is 3. The van der Waals surface area contributed by atoms with Crippen LogP contribution in [0.4, 0.5) is 5.69 Å². The summed E-state index contributed by atoms with van der Waals surface area (Å²) in [5.74, 6) is 0. The summed E-state index contributed by atoms with van der Waals surface area (Å²) in [6.07, 6.45) is 1.84. The number of nitrogens with zero attached hydrogens (tertiary/aromatic N) is 2. The highest BCUT2D eigenvalue weighted by atomic mass is 127. The normalized spacial score (nSPS) is 19.2. The molecule has 0 amide bonds. The maximum Gasteiger partial charge on any atom is 0.174 e. The molecule has 2 unspecified atom stereocenters. The first-order chi connectivity index (χ1) is 13.4. The summed E-state index contributed by atoms with van der Waals surface area (Å²) in [5, 5.41) is 4.25. The van der Waals surface area contributed by atoms with Crippen molar-refractivity contribution in [3.05, 3.63) is 78.8 Å². The Morgan fingerprint density at radius 1 is 1.14 bits per heavy atom. The van der Waals surface area contributed by atoms with Crippen molar-refractivity contribution in [2.75, 3.05) is 4.90 Å². The number of hydrogen-bond acceptors (Lipinski definition) is 2. The lowest BCUT2D eigenvalue weighted by molar-refractivity contribution is 0.564. The van der Waals surface area contributed by atoms with Gasteiger partial charge in [-0.1, -0.05) is 22.0 Å². The molecular formula is C21H20BrIN4S. The number of halogens is 2. The fourth-order valence-corrected chi connectivity index (χ4v) is 5.28. The van der Waals surface area contributed by atoms with Gasteiger partial charge in [0, 0.05) is 36.9 Å². The lowest BCUT2D eigenvalue weighted by Gasteiger charge is -2.29. The largest absolute Gasteiger partial charge is 0.362 e. The highest BCUT2D eigenvalue weighted by molar-refractivity contribution is 14.1. The molecule has 4 nitrogen and oxygen atoms in total. The second-order valence-corrected chi connectivity index (χ2v) is 9.35. The molecule has 3 heterocycles. The Kier molecular flexibility index (Phi) is 5.50. The molecule has 0 saturated carbocycles. The quantitative estimate of drug-likeness (QED) is 0.307. The van der Waals surface area contributed by atoms with Gasteiger partial charge in [0.15, 0.2) is 5.11 Å². The minimum atomic E-state index is -0.0277. The highest BCUT2D eigenvalue weighted by Gasteiger charge is 2.43. The van der Waals surface area contributed by atoms with Crippen LogP contribution in [-0.4, -0.2) is 15.1 Å². The van der Waals surface area contributed by atoms with Crippen molar-refractivity contribution in [3.63, 3.8) is 0 Å². The van der Waals surface area contributed by atoms with Crippen LogP contribution in [0, 0.1) is 24.3 Å². The van der Waals surface area contributed by atoms with Crippen molar-refractivity contribution in [1.29, 1.82) is 0 Å². The van der Waals surface area contributed by atoms with Gasteiger partial charge in [0.05, 0.1) is 17.8 Å². The summed E-state index contributed by atoms with van der Waals surface area (Å²) in [4.78, 5) is 10.4. The van der Waals surface area contributed by atoms with Gasteiger partial charge in [-0.2, -0.15) is 0 Å². The molecule has 144 valence electrons. The van der Waals surface area contributed by atoms with E-state index in [4.69, 9.17) is 12.2 Å². The number of benzene rings is 1. The SMILES string of the molecule is Cc1cc(N2C(=S)NC(c3ccccn3)C2c2c(C)[nH]c(C)c2I)ccc1Br. The van der Waals surface area contributed by atoms with Gasteiger partial charge in [0.25, 0.3) is 0 Å². The summed E-state index contributed by atoms with van der Waals surface area (Å²) >= 11 is 11.9. The summed E-state index contributed by atoms with van der Waals surface area (Å²) in [6.45, 7) is 6.34. The maximum absolute atomic E-state index is 5.81. The average Bonchev–Trinajstić information content (AvgIpc) is 3.13. The van der Waals surface area contributed by atoms with E-state index in [1.807, 2.05) is 18.3 Å².